The summed E-state index contributed by atoms with van der Waals surface area (Å²) < 4.78 is 0. The van der Waals surface area contributed by atoms with Crippen molar-refractivity contribution in [3.8, 4) is 0 Å². The standard InChI is InChI=1S/C12H19N3O2/c1-9(5-7-15(2)3)14-11-8-10(12(16)17)4-6-13-11/h4,6,8-9H,5,7H2,1-3H3,(H,13,14)(H,16,17). The van der Waals surface area contributed by atoms with Crippen molar-refractivity contribution in [2.75, 3.05) is 26.0 Å². The van der Waals surface area contributed by atoms with Gasteiger partial charge in [-0.25, -0.2) is 9.78 Å². The molecule has 5 nitrogen and oxygen atoms in total. The minimum absolute atomic E-state index is 0.252. The van der Waals surface area contributed by atoms with Crippen molar-refractivity contribution in [2.45, 2.75) is 19.4 Å². The lowest BCUT2D eigenvalue weighted by Crippen LogP contribution is -2.23. The maximum atomic E-state index is 10.8. The third-order valence-corrected chi connectivity index (χ3v) is 2.41. The van der Waals surface area contributed by atoms with Crippen LogP contribution < -0.4 is 5.32 Å². The molecule has 1 aromatic rings. The van der Waals surface area contributed by atoms with Gasteiger partial charge in [-0.2, -0.15) is 0 Å². The lowest BCUT2D eigenvalue weighted by atomic mass is 10.2. The van der Waals surface area contributed by atoms with Crippen molar-refractivity contribution in [2.24, 2.45) is 0 Å². The van der Waals surface area contributed by atoms with E-state index in [2.05, 4.69) is 22.1 Å². The molecule has 0 amide bonds. The van der Waals surface area contributed by atoms with Gasteiger partial charge in [-0.05, 0) is 46.1 Å². The SMILES string of the molecule is CC(CCN(C)C)Nc1cc(C(=O)O)ccn1. The zero-order valence-electron chi connectivity index (χ0n) is 10.5. The van der Waals surface area contributed by atoms with Gasteiger partial charge in [0.2, 0.25) is 0 Å². The molecule has 0 aliphatic heterocycles. The number of pyridine rings is 1. The predicted octanol–water partition coefficient (Wildman–Crippen LogP) is 1.53. The van der Waals surface area contributed by atoms with Crippen molar-refractivity contribution < 1.29 is 9.90 Å². The Labute approximate surface area is 101 Å². The summed E-state index contributed by atoms with van der Waals surface area (Å²) in [4.78, 5) is 17.0. The fraction of sp³-hybridized carbons (Fsp3) is 0.500. The summed E-state index contributed by atoms with van der Waals surface area (Å²) in [6.07, 6.45) is 2.48. The molecule has 0 bridgehead atoms. The average molecular weight is 237 g/mol. The molecule has 1 heterocycles. The molecule has 1 atom stereocenters. The van der Waals surface area contributed by atoms with Crippen LogP contribution in [0.15, 0.2) is 18.3 Å². The van der Waals surface area contributed by atoms with E-state index in [4.69, 9.17) is 5.11 Å². The maximum absolute atomic E-state index is 10.8. The quantitative estimate of drug-likeness (QED) is 0.785. The number of aromatic nitrogens is 1. The molecule has 2 N–H and O–H groups in total. The highest BCUT2D eigenvalue weighted by atomic mass is 16.4. The summed E-state index contributed by atoms with van der Waals surface area (Å²) >= 11 is 0. The average Bonchev–Trinajstić information content (AvgIpc) is 2.26. The fourth-order valence-electron chi connectivity index (χ4n) is 1.42. The number of hydrogen-bond donors (Lipinski definition) is 2. The van der Waals surface area contributed by atoms with Gasteiger partial charge in [-0.1, -0.05) is 0 Å². The third-order valence-electron chi connectivity index (χ3n) is 2.41. The number of nitrogens with zero attached hydrogens (tertiary/aromatic N) is 2. The predicted molar refractivity (Wildman–Crippen MR) is 67.5 cm³/mol. The van der Waals surface area contributed by atoms with E-state index in [0.717, 1.165) is 13.0 Å². The zero-order chi connectivity index (χ0) is 12.8. The molecule has 17 heavy (non-hydrogen) atoms. The highest BCUT2D eigenvalue weighted by molar-refractivity contribution is 5.88. The van der Waals surface area contributed by atoms with Gasteiger partial charge in [0.15, 0.2) is 0 Å². The highest BCUT2D eigenvalue weighted by Crippen LogP contribution is 2.09. The summed E-state index contributed by atoms with van der Waals surface area (Å²) in [6, 6.07) is 3.29. The van der Waals surface area contributed by atoms with Gasteiger partial charge in [-0.15, -0.1) is 0 Å². The van der Waals surface area contributed by atoms with Gasteiger partial charge in [0.05, 0.1) is 5.56 Å². The minimum atomic E-state index is -0.934. The number of anilines is 1. The van der Waals surface area contributed by atoms with E-state index in [1.165, 1.54) is 12.3 Å². The van der Waals surface area contributed by atoms with Crippen LogP contribution in [0.25, 0.3) is 0 Å². The van der Waals surface area contributed by atoms with E-state index in [1.807, 2.05) is 14.1 Å². The topological polar surface area (TPSA) is 65.5 Å². The fourth-order valence-corrected chi connectivity index (χ4v) is 1.42. The molecular weight excluding hydrogens is 218 g/mol. The van der Waals surface area contributed by atoms with Crippen LogP contribution in [0.2, 0.25) is 0 Å². The Morgan fingerprint density at radius 3 is 2.88 bits per heavy atom. The van der Waals surface area contributed by atoms with Gasteiger partial charge in [-0.3, -0.25) is 0 Å². The van der Waals surface area contributed by atoms with Crippen molar-refractivity contribution in [1.82, 2.24) is 9.88 Å². The molecular formula is C12H19N3O2. The second-order valence-electron chi connectivity index (χ2n) is 4.37. The van der Waals surface area contributed by atoms with E-state index in [9.17, 15) is 4.79 Å². The summed E-state index contributed by atoms with van der Waals surface area (Å²) in [5.41, 5.74) is 0.252. The van der Waals surface area contributed by atoms with Crippen molar-refractivity contribution in [3.05, 3.63) is 23.9 Å². The van der Waals surface area contributed by atoms with Crippen LogP contribution in [-0.2, 0) is 0 Å². The Kier molecular flexibility index (Phi) is 4.90. The van der Waals surface area contributed by atoms with Gasteiger partial charge in [0.25, 0.3) is 0 Å². The first-order valence-electron chi connectivity index (χ1n) is 5.59. The highest BCUT2D eigenvalue weighted by Gasteiger charge is 2.07. The Bertz CT molecular complexity index is 380. The second kappa shape index (κ2) is 6.20. The second-order valence-corrected chi connectivity index (χ2v) is 4.37. The molecule has 0 saturated carbocycles. The molecule has 0 aliphatic rings. The number of carboxylic acid groups (broad SMARTS) is 1. The van der Waals surface area contributed by atoms with Crippen LogP contribution in [0.4, 0.5) is 5.82 Å². The van der Waals surface area contributed by atoms with Crippen LogP contribution in [0.3, 0.4) is 0 Å². The number of aromatic carboxylic acids is 1. The zero-order valence-corrected chi connectivity index (χ0v) is 10.5. The molecule has 1 rings (SSSR count). The van der Waals surface area contributed by atoms with Gasteiger partial charge >= 0.3 is 5.97 Å². The van der Waals surface area contributed by atoms with Crippen LogP contribution >= 0.6 is 0 Å². The summed E-state index contributed by atoms with van der Waals surface area (Å²) in [7, 11) is 4.05. The molecule has 94 valence electrons. The lowest BCUT2D eigenvalue weighted by Gasteiger charge is -2.17. The first kappa shape index (κ1) is 13.4. The third kappa shape index (κ3) is 4.82. The Morgan fingerprint density at radius 1 is 1.59 bits per heavy atom. The number of rotatable bonds is 6. The smallest absolute Gasteiger partial charge is 0.335 e. The van der Waals surface area contributed by atoms with Crippen molar-refractivity contribution >= 4 is 11.8 Å². The molecule has 0 aromatic carbocycles. The summed E-state index contributed by atoms with van der Waals surface area (Å²) in [5.74, 6) is -0.326. The van der Waals surface area contributed by atoms with Crippen LogP contribution in [0.1, 0.15) is 23.7 Å². The van der Waals surface area contributed by atoms with E-state index >= 15 is 0 Å². The van der Waals surface area contributed by atoms with Gasteiger partial charge in [0, 0.05) is 12.2 Å². The number of carbonyl (C=O) groups is 1. The Morgan fingerprint density at radius 2 is 2.29 bits per heavy atom. The maximum Gasteiger partial charge on any atom is 0.335 e. The number of hydrogen-bond acceptors (Lipinski definition) is 4. The normalized spacial score (nSPS) is 12.5. The van der Waals surface area contributed by atoms with E-state index < -0.39 is 5.97 Å². The Balaban J connectivity index is 2.56. The Hall–Kier alpha value is -1.62. The monoisotopic (exact) mass is 237 g/mol. The van der Waals surface area contributed by atoms with E-state index in [1.54, 1.807) is 6.07 Å². The molecule has 0 fully saturated rings. The minimum Gasteiger partial charge on any atom is -0.478 e. The summed E-state index contributed by atoms with van der Waals surface area (Å²) in [5, 5.41) is 12.0. The first-order chi connectivity index (χ1) is 7.99. The first-order valence-corrected chi connectivity index (χ1v) is 5.59. The van der Waals surface area contributed by atoms with Gasteiger partial charge in [0.1, 0.15) is 5.82 Å². The molecule has 0 saturated heterocycles. The van der Waals surface area contributed by atoms with Crippen LogP contribution in [-0.4, -0.2) is 47.6 Å². The van der Waals surface area contributed by atoms with Crippen molar-refractivity contribution in [1.29, 1.82) is 0 Å². The van der Waals surface area contributed by atoms with E-state index in [-0.39, 0.29) is 11.6 Å². The number of nitrogens with one attached hydrogen (secondary N) is 1. The van der Waals surface area contributed by atoms with E-state index in [0.29, 0.717) is 5.82 Å². The molecule has 5 heteroatoms. The van der Waals surface area contributed by atoms with Crippen LogP contribution in [0, 0.1) is 0 Å². The molecule has 0 aliphatic carbocycles. The van der Waals surface area contributed by atoms with Crippen LogP contribution in [0.5, 0.6) is 0 Å². The molecule has 1 aromatic heterocycles. The largest absolute Gasteiger partial charge is 0.478 e. The lowest BCUT2D eigenvalue weighted by molar-refractivity contribution is 0.0697. The molecule has 0 radical (unpaired) electrons. The van der Waals surface area contributed by atoms with Crippen molar-refractivity contribution in [3.63, 3.8) is 0 Å². The summed E-state index contributed by atoms with van der Waals surface area (Å²) in [6.45, 7) is 3.03. The number of carboxylic acids is 1. The molecule has 0 spiro atoms. The molecule has 1 unspecified atom stereocenters. The van der Waals surface area contributed by atoms with Gasteiger partial charge < -0.3 is 15.3 Å².